The van der Waals surface area contributed by atoms with Crippen LogP contribution in [0.3, 0.4) is 0 Å². The molecule has 1 aromatic rings. The molecule has 0 aromatic heterocycles. The average molecular weight is 321 g/mol. The summed E-state index contributed by atoms with van der Waals surface area (Å²) in [7, 11) is 1.31. The molecule has 0 saturated heterocycles. The van der Waals surface area contributed by atoms with Crippen LogP contribution in [0.2, 0.25) is 0 Å². The number of nitrogens with one attached hydrogen (secondary N) is 1. The summed E-state index contributed by atoms with van der Waals surface area (Å²) in [5.74, 6) is -0.291. The molecule has 0 bridgehead atoms. The quantitative estimate of drug-likeness (QED) is 0.493. The molecule has 0 aliphatic rings. The SMILES string of the molecule is COC(=O)/C=C\CCc1cc(NC(=O)OC(C)(C)C)ccc1O. The van der Waals surface area contributed by atoms with E-state index in [0.717, 1.165) is 0 Å². The number of carbonyl (C=O) groups excluding carboxylic acids is 2. The normalized spacial score (nSPS) is 11.3. The molecule has 0 heterocycles. The van der Waals surface area contributed by atoms with Gasteiger partial charge in [-0.05, 0) is 57.4 Å². The van der Waals surface area contributed by atoms with E-state index in [4.69, 9.17) is 4.74 Å². The Morgan fingerprint density at radius 2 is 2.00 bits per heavy atom. The molecule has 0 unspecified atom stereocenters. The fraction of sp³-hybridized carbons (Fsp3) is 0.412. The first-order valence-corrected chi connectivity index (χ1v) is 7.27. The summed E-state index contributed by atoms with van der Waals surface area (Å²) in [5, 5.41) is 12.5. The Morgan fingerprint density at radius 3 is 2.61 bits per heavy atom. The number of hydrogen-bond acceptors (Lipinski definition) is 5. The highest BCUT2D eigenvalue weighted by atomic mass is 16.6. The number of ether oxygens (including phenoxy) is 2. The molecule has 1 amide bonds. The van der Waals surface area contributed by atoms with Crippen LogP contribution in [-0.4, -0.2) is 29.9 Å². The van der Waals surface area contributed by atoms with Crippen LogP contribution in [-0.2, 0) is 20.7 Å². The number of phenolic OH excluding ortho intramolecular Hbond substituents is 1. The molecule has 0 aliphatic heterocycles. The van der Waals surface area contributed by atoms with Gasteiger partial charge in [0.1, 0.15) is 11.4 Å². The zero-order chi connectivity index (χ0) is 17.5. The lowest BCUT2D eigenvalue weighted by Crippen LogP contribution is -2.27. The Kier molecular flexibility index (Phi) is 6.63. The molecule has 0 fully saturated rings. The predicted octanol–water partition coefficient (Wildman–Crippen LogP) is 3.40. The molecule has 1 aromatic carbocycles. The van der Waals surface area contributed by atoms with Crippen molar-refractivity contribution in [2.45, 2.75) is 39.2 Å². The summed E-state index contributed by atoms with van der Waals surface area (Å²) in [6.07, 6.45) is 3.51. The van der Waals surface area contributed by atoms with Gasteiger partial charge in [-0.2, -0.15) is 0 Å². The van der Waals surface area contributed by atoms with E-state index in [1.807, 2.05) is 0 Å². The first kappa shape index (κ1) is 18.5. The summed E-state index contributed by atoms with van der Waals surface area (Å²) in [5.41, 5.74) is 0.611. The summed E-state index contributed by atoms with van der Waals surface area (Å²) >= 11 is 0. The van der Waals surface area contributed by atoms with E-state index in [-0.39, 0.29) is 5.75 Å². The molecular weight excluding hydrogens is 298 g/mol. The third kappa shape index (κ3) is 7.35. The van der Waals surface area contributed by atoms with Crippen LogP contribution in [0.5, 0.6) is 5.75 Å². The second kappa shape index (κ2) is 8.22. The van der Waals surface area contributed by atoms with E-state index in [9.17, 15) is 14.7 Å². The van der Waals surface area contributed by atoms with Crippen LogP contribution in [0, 0.1) is 0 Å². The number of rotatable bonds is 5. The summed E-state index contributed by atoms with van der Waals surface area (Å²) < 4.78 is 9.67. The average Bonchev–Trinajstić information content (AvgIpc) is 2.44. The van der Waals surface area contributed by atoms with Crippen LogP contribution in [0.15, 0.2) is 30.4 Å². The van der Waals surface area contributed by atoms with Gasteiger partial charge in [0.05, 0.1) is 7.11 Å². The molecule has 126 valence electrons. The summed E-state index contributed by atoms with van der Waals surface area (Å²) in [6, 6.07) is 4.77. The van der Waals surface area contributed by atoms with E-state index in [1.165, 1.54) is 19.3 Å². The van der Waals surface area contributed by atoms with Crippen LogP contribution >= 0.6 is 0 Å². The summed E-state index contributed by atoms with van der Waals surface area (Å²) in [6.45, 7) is 5.34. The van der Waals surface area contributed by atoms with Gasteiger partial charge in [-0.15, -0.1) is 0 Å². The molecule has 6 nitrogen and oxygen atoms in total. The van der Waals surface area contributed by atoms with Gasteiger partial charge in [0.25, 0.3) is 0 Å². The number of carbonyl (C=O) groups is 2. The predicted molar refractivity (Wildman–Crippen MR) is 87.4 cm³/mol. The molecule has 0 atom stereocenters. The maximum atomic E-state index is 11.7. The number of hydrogen-bond donors (Lipinski definition) is 2. The van der Waals surface area contributed by atoms with Crippen molar-refractivity contribution >= 4 is 17.7 Å². The minimum atomic E-state index is -0.581. The molecule has 1 rings (SSSR count). The topological polar surface area (TPSA) is 84.9 Å². The molecular formula is C17H23NO5. The fourth-order valence-electron chi connectivity index (χ4n) is 1.77. The maximum absolute atomic E-state index is 11.7. The largest absolute Gasteiger partial charge is 0.508 e. The number of phenols is 1. The first-order valence-electron chi connectivity index (χ1n) is 7.27. The Balaban J connectivity index is 2.66. The Bertz CT molecular complexity index is 587. The second-order valence-corrected chi connectivity index (χ2v) is 5.93. The van der Waals surface area contributed by atoms with Gasteiger partial charge in [0.15, 0.2) is 0 Å². The van der Waals surface area contributed by atoms with E-state index in [1.54, 1.807) is 39.0 Å². The van der Waals surface area contributed by atoms with E-state index < -0.39 is 17.7 Å². The van der Waals surface area contributed by atoms with Gasteiger partial charge >= 0.3 is 12.1 Å². The van der Waals surface area contributed by atoms with Crippen molar-refractivity contribution in [3.05, 3.63) is 35.9 Å². The van der Waals surface area contributed by atoms with Crippen LogP contribution in [0.25, 0.3) is 0 Å². The lowest BCUT2D eigenvalue weighted by molar-refractivity contribution is -0.134. The molecule has 0 spiro atoms. The van der Waals surface area contributed by atoms with Crippen LogP contribution in [0.1, 0.15) is 32.8 Å². The number of amides is 1. The van der Waals surface area contributed by atoms with E-state index >= 15 is 0 Å². The minimum Gasteiger partial charge on any atom is -0.508 e. The molecule has 2 N–H and O–H groups in total. The zero-order valence-electron chi connectivity index (χ0n) is 13.9. The highest BCUT2D eigenvalue weighted by Crippen LogP contribution is 2.23. The maximum Gasteiger partial charge on any atom is 0.412 e. The number of aromatic hydroxyl groups is 1. The van der Waals surface area contributed by atoms with Crippen molar-refractivity contribution < 1.29 is 24.2 Å². The molecule has 23 heavy (non-hydrogen) atoms. The van der Waals surface area contributed by atoms with Crippen LogP contribution < -0.4 is 5.32 Å². The number of allylic oxidation sites excluding steroid dienone is 1. The van der Waals surface area contributed by atoms with Gasteiger partial charge in [-0.1, -0.05) is 6.08 Å². The van der Waals surface area contributed by atoms with Gasteiger partial charge < -0.3 is 14.6 Å². The molecule has 0 aliphatic carbocycles. The summed E-state index contributed by atoms with van der Waals surface area (Å²) in [4.78, 5) is 22.7. The fourth-order valence-corrected chi connectivity index (χ4v) is 1.77. The van der Waals surface area contributed by atoms with E-state index in [0.29, 0.717) is 24.1 Å². The number of methoxy groups -OCH3 is 1. The monoisotopic (exact) mass is 321 g/mol. The number of aryl methyl sites for hydroxylation is 1. The zero-order valence-corrected chi connectivity index (χ0v) is 13.9. The first-order chi connectivity index (χ1) is 10.7. The molecule has 6 heteroatoms. The third-order valence-electron chi connectivity index (χ3n) is 2.76. The van der Waals surface area contributed by atoms with Crippen molar-refractivity contribution in [1.82, 2.24) is 0 Å². The number of benzene rings is 1. The Labute approximate surface area is 136 Å². The van der Waals surface area contributed by atoms with Crippen LogP contribution in [0.4, 0.5) is 10.5 Å². The van der Waals surface area contributed by atoms with Crippen molar-refractivity contribution in [3.8, 4) is 5.75 Å². The van der Waals surface area contributed by atoms with Crippen molar-refractivity contribution in [3.63, 3.8) is 0 Å². The second-order valence-electron chi connectivity index (χ2n) is 5.93. The lowest BCUT2D eigenvalue weighted by Gasteiger charge is -2.19. The number of esters is 1. The molecule has 0 saturated carbocycles. The van der Waals surface area contributed by atoms with Gasteiger partial charge in [-0.3, -0.25) is 5.32 Å². The van der Waals surface area contributed by atoms with Crippen molar-refractivity contribution in [2.75, 3.05) is 12.4 Å². The van der Waals surface area contributed by atoms with Gasteiger partial charge in [0.2, 0.25) is 0 Å². The Hall–Kier alpha value is -2.50. The third-order valence-corrected chi connectivity index (χ3v) is 2.76. The highest BCUT2D eigenvalue weighted by molar-refractivity contribution is 5.85. The van der Waals surface area contributed by atoms with Gasteiger partial charge in [0, 0.05) is 11.8 Å². The standard InChI is InChI=1S/C17H23NO5/c1-17(2,3)23-16(21)18-13-9-10-14(19)12(11-13)7-5-6-8-15(20)22-4/h6,8-11,19H,5,7H2,1-4H3,(H,18,21)/b8-6-. The number of anilines is 1. The Morgan fingerprint density at radius 1 is 1.30 bits per heavy atom. The minimum absolute atomic E-state index is 0.131. The molecule has 0 radical (unpaired) electrons. The van der Waals surface area contributed by atoms with Gasteiger partial charge in [-0.25, -0.2) is 9.59 Å². The lowest BCUT2D eigenvalue weighted by atomic mass is 10.1. The van der Waals surface area contributed by atoms with E-state index in [2.05, 4.69) is 10.1 Å². The highest BCUT2D eigenvalue weighted by Gasteiger charge is 2.16. The van der Waals surface area contributed by atoms with Crippen molar-refractivity contribution in [2.24, 2.45) is 0 Å². The van der Waals surface area contributed by atoms with Crippen molar-refractivity contribution in [1.29, 1.82) is 0 Å². The smallest absolute Gasteiger partial charge is 0.412 e.